The molecule has 0 spiro atoms. The largest absolute Gasteiger partial charge is 0.493 e. The maximum absolute atomic E-state index is 13.4. The third-order valence-corrected chi connectivity index (χ3v) is 7.51. The topological polar surface area (TPSA) is 111 Å². The van der Waals surface area contributed by atoms with Crippen LogP contribution in [0.15, 0.2) is 47.4 Å². The number of methoxy groups -OCH3 is 2. The molecule has 34 heavy (non-hydrogen) atoms. The van der Waals surface area contributed by atoms with E-state index in [4.69, 9.17) is 14.2 Å². The standard InChI is InChI=1S/C24H30N2O7S/c1-4-5-15-33-24(28)18-9-6-7-10-19(18)25-23(27)20-11-8-14-26(20)34(29,30)17-12-13-21(31-2)22(16-17)32-3/h6-7,9-10,12-13,16,20H,4-5,8,11,14-15H2,1-3H3,(H,25,27). The lowest BCUT2D eigenvalue weighted by molar-refractivity contribution is -0.119. The minimum Gasteiger partial charge on any atom is -0.493 e. The molecule has 2 aromatic carbocycles. The first-order valence-electron chi connectivity index (χ1n) is 11.1. The van der Waals surface area contributed by atoms with Gasteiger partial charge in [-0.3, -0.25) is 4.79 Å². The fourth-order valence-corrected chi connectivity index (χ4v) is 5.45. The van der Waals surface area contributed by atoms with Gasteiger partial charge in [-0.25, -0.2) is 13.2 Å². The van der Waals surface area contributed by atoms with E-state index >= 15 is 0 Å². The van der Waals surface area contributed by atoms with Crippen LogP contribution in [0.1, 0.15) is 43.0 Å². The Bertz CT molecular complexity index is 1130. The Hall–Kier alpha value is -3.11. The van der Waals surface area contributed by atoms with Crippen molar-refractivity contribution >= 4 is 27.6 Å². The first-order valence-corrected chi connectivity index (χ1v) is 12.6. The highest BCUT2D eigenvalue weighted by Gasteiger charge is 2.40. The monoisotopic (exact) mass is 490 g/mol. The number of amides is 1. The van der Waals surface area contributed by atoms with Crippen molar-refractivity contribution in [3.63, 3.8) is 0 Å². The molecule has 2 aromatic rings. The summed E-state index contributed by atoms with van der Waals surface area (Å²) in [6, 6.07) is 9.92. The van der Waals surface area contributed by atoms with Gasteiger partial charge in [0.2, 0.25) is 15.9 Å². The fraction of sp³-hybridized carbons (Fsp3) is 0.417. The van der Waals surface area contributed by atoms with Crippen molar-refractivity contribution in [2.75, 3.05) is 32.7 Å². The average Bonchev–Trinajstić information content (AvgIpc) is 3.35. The Morgan fingerprint density at radius 1 is 1.09 bits per heavy atom. The Morgan fingerprint density at radius 2 is 1.82 bits per heavy atom. The van der Waals surface area contributed by atoms with Crippen LogP contribution in [0.4, 0.5) is 5.69 Å². The Morgan fingerprint density at radius 3 is 2.53 bits per heavy atom. The molecule has 184 valence electrons. The molecule has 0 aromatic heterocycles. The normalized spacial score (nSPS) is 16.1. The molecule has 1 fully saturated rings. The molecule has 0 aliphatic carbocycles. The van der Waals surface area contributed by atoms with Crippen molar-refractivity contribution < 1.29 is 32.2 Å². The number of sulfonamides is 1. The summed E-state index contributed by atoms with van der Waals surface area (Å²) in [6.45, 7) is 2.48. The van der Waals surface area contributed by atoms with Crippen molar-refractivity contribution in [2.45, 2.75) is 43.5 Å². The molecule has 0 saturated carbocycles. The van der Waals surface area contributed by atoms with Crippen molar-refractivity contribution in [3.05, 3.63) is 48.0 Å². The van der Waals surface area contributed by atoms with Crippen molar-refractivity contribution in [1.82, 2.24) is 4.31 Å². The lowest BCUT2D eigenvalue weighted by atomic mass is 10.1. The Labute approximate surface area is 200 Å². The smallest absolute Gasteiger partial charge is 0.340 e. The Balaban J connectivity index is 1.81. The number of hydrogen-bond donors (Lipinski definition) is 1. The lowest BCUT2D eigenvalue weighted by Crippen LogP contribution is -2.43. The number of hydrogen-bond acceptors (Lipinski definition) is 7. The Kier molecular flexibility index (Phi) is 8.51. The molecule has 1 saturated heterocycles. The predicted octanol–water partition coefficient (Wildman–Crippen LogP) is 3.45. The minimum absolute atomic E-state index is 0.00440. The summed E-state index contributed by atoms with van der Waals surface area (Å²) in [5.74, 6) is -0.361. The maximum Gasteiger partial charge on any atom is 0.340 e. The number of benzene rings is 2. The highest BCUT2D eigenvalue weighted by molar-refractivity contribution is 7.89. The number of carbonyl (C=O) groups is 2. The predicted molar refractivity (Wildman–Crippen MR) is 127 cm³/mol. The third kappa shape index (κ3) is 5.51. The minimum atomic E-state index is -3.98. The van der Waals surface area contributed by atoms with Crippen LogP contribution in [0.5, 0.6) is 11.5 Å². The SMILES string of the molecule is CCCCOC(=O)c1ccccc1NC(=O)C1CCCN1S(=O)(=O)c1ccc(OC)c(OC)c1. The van der Waals surface area contributed by atoms with E-state index in [9.17, 15) is 18.0 Å². The number of anilines is 1. The van der Waals surface area contributed by atoms with Crippen LogP contribution in [0.3, 0.4) is 0 Å². The number of carbonyl (C=O) groups excluding carboxylic acids is 2. The molecule has 1 aliphatic heterocycles. The molecule has 1 unspecified atom stereocenters. The molecule has 9 nitrogen and oxygen atoms in total. The quantitative estimate of drug-likeness (QED) is 0.401. The highest BCUT2D eigenvalue weighted by Crippen LogP contribution is 2.33. The van der Waals surface area contributed by atoms with Gasteiger partial charge >= 0.3 is 5.97 Å². The summed E-state index contributed by atoms with van der Waals surface area (Å²) in [4.78, 5) is 25.6. The molecule has 10 heteroatoms. The van der Waals surface area contributed by atoms with Crippen LogP contribution < -0.4 is 14.8 Å². The van der Waals surface area contributed by atoms with Gasteiger partial charge in [0.25, 0.3) is 0 Å². The molecule has 0 radical (unpaired) electrons. The van der Waals surface area contributed by atoms with E-state index in [1.165, 1.54) is 36.7 Å². The van der Waals surface area contributed by atoms with Gasteiger partial charge in [0, 0.05) is 12.6 Å². The number of ether oxygens (including phenoxy) is 3. The molecule has 1 aliphatic rings. The van der Waals surface area contributed by atoms with Gasteiger partial charge in [0.15, 0.2) is 11.5 Å². The first-order chi connectivity index (χ1) is 16.3. The van der Waals surface area contributed by atoms with E-state index in [1.54, 1.807) is 24.3 Å². The van der Waals surface area contributed by atoms with Gasteiger partial charge in [0.05, 0.1) is 37.0 Å². The zero-order valence-electron chi connectivity index (χ0n) is 19.6. The summed E-state index contributed by atoms with van der Waals surface area (Å²) in [6.07, 6.45) is 2.52. The zero-order chi connectivity index (χ0) is 24.7. The van der Waals surface area contributed by atoms with Gasteiger partial charge in [0.1, 0.15) is 6.04 Å². The summed E-state index contributed by atoms with van der Waals surface area (Å²) in [5, 5.41) is 2.73. The van der Waals surface area contributed by atoms with Crippen LogP contribution in [0.25, 0.3) is 0 Å². The number of esters is 1. The van der Waals surface area contributed by atoms with Gasteiger partial charge in [-0.05, 0) is 43.5 Å². The molecule has 1 atom stereocenters. The second-order valence-electron chi connectivity index (χ2n) is 7.81. The van der Waals surface area contributed by atoms with Crippen molar-refractivity contribution in [1.29, 1.82) is 0 Å². The number of nitrogens with one attached hydrogen (secondary N) is 1. The van der Waals surface area contributed by atoms with E-state index in [2.05, 4.69) is 5.32 Å². The van der Waals surface area contributed by atoms with E-state index in [1.807, 2.05) is 6.92 Å². The second-order valence-corrected chi connectivity index (χ2v) is 9.71. The number of nitrogens with zero attached hydrogens (tertiary/aromatic N) is 1. The van der Waals surface area contributed by atoms with Crippen molar-refractivity contribution in [2.24, 2.45) is 0 Å². The van der Waals surface area contributed by atoms with Gasteiger partial charge in [-0.1, -0.05) is 25.5 Å². The van der Waals surface area contributed by atoms with Crippen molar-refractivity contribution in [3.8, 4) is 11.5 Å². The molecular formula is C24H30N2O7S. The van der Waals surface area contributed by atoms with Crippen LogP contribution >= 0.6 is 0 Å². The number of unbranched alkanes of at least 4 members (excludes halogenated alkanes) is 1. The molecule has 1 heterocycles. The number of para-hydroxylation sites is 1. The third-order valence-electron chi connectivity index (χ3n) is 5.60. The molecule has 0 bridgehead atoms. The lowest BCUT2D eigenvalue weighted by Gasteiger charge is -2.24. The van der Waals surface area contributed by atoms with Crippen LogP contribution in [0, 0.1) is 0 Å². The summed E-state index contributed by atoms with van der Waals surface area (Å²) >= 11 is 0. The fourth-order valence-electron chi connectivity index (χ4n) is 3.78. The molecule has 3 rings (SSSR count). The first kappa shape index (κ1) is 25.5. The van der Waals surface area contributed by atoms with E-state index in [0.717, 1.165) is 12.8 Å². The average molecular weight is 491 g/mol. The van der Waals surface area contributed by atoms with Crippen LogP contribution in [0.2, 0.25) is 0 Å². The van der Waals surface area contributed by atoms with E-state index in [-0.39, 0.29) is 35.0 Å². The molecular weight excluding hydrogens is 460 g/mol. The molecule has 1 N–H and O–H groups in total. The second kappa shape index (κ2) is 11.3. The summed E-state index contributed by atoms with van der Waals surface area (Å²) < 4.78 is 43.6. The zero-order valence-corrected chi connectivity index (χ0v) is 20.4. The summed E-state index contributed by atoms with van der Waals surface area (Å²) in [5.41, 5.74) is 0.503. The van der Waals surface area contributed by atoms with Gasteiger partial charge in [-0.15, -0.1) is 0 Å². The molecule has 1 amide bonds. The number of rotatable bonds is 10. The van der Waals surface area contributed by atoms with E-state index in [0.29, 0.717) is 18.6 Å². The van der Waals surface area contributed by atoms with Crippen LogP contribution in [-0.4, -0.2) is 58.0 Å². The van der Waals surface area contributed by atoms with Gasteiger partial charge < -0.3 is 19.5 Å². The van der Waals surface area contributed by atoms with E-state index < -0.39 is 27.9 Å². The van der Waals surface area contributed by atoms with Gasteiger partial charge in [-0.2, -0.15) is 4.31 Å². The van der Waals surface area contributed by atoms with Crippen LogP contribution in [-0.2, 0) is 19.6 Å². The summed E-state index contributed by atoms with van der Waals surface area (Å²) in [7, 11) is -1.09. The maximum atomic E-state index is 13.4. The highest BCUT2D eigenvalue weighted by atomic mass is 32.2.